The fourth-order valence-corrected chi connectivity index (χ4v) is 6.36. The quantitative estimate of drug-likeness (QED) is 0.447. The van der Waals surface area contributed by atoms with Gasteiger partial charge < -0.3 is 9.64 Å². The second kappa shape index (κ2) is 8.52. The Bertz CT molecular complexity index is 1400. The molecule has 1 aromatic heterocycles. The third kappa shape index (κ3) is 3.69. The lowest BCUT2D eigenvalue weighted by atomic mass is 9.88. The fourth-order valence-electron chi connectivity index (χ4n) is 6.36. The van der Waals surface area contributed by atoms with Crippen LogP contribution in [0.15, 0.2) is 60.7 Å². The Balaban J connectivity index is 1.05. The number of aromatic amines is 1. The Morgan fingerprint density at radius 3 is 2.61 bits per heavy atom. The van der Waals surface area contributed by atoms with Crippen LogP contribution in [-0.4, -0.2) is 57.2 Å². The lowest BCUT2D eigenvalue weighted by molar-refractivity contribution is -0.142. The standard InChI is InChI=1S/C29H29N5O2/c35-28(26-5-2-16-36-26)34-14-12-29(13-15-34)18-25(29)20-8-6-19(7-9-20)21-10-11-23-22(17-21)3-1-4-24(23)27-30-32-33-31-27/h1,3-4,6-11,17,25-26H,2,5,12-16,18H2,(H,30,31,32,33)/t25-,26+/m0/s1. The van der Waals surface area contributed by atoms with Gasteiger partial charge in [0.2, 0.25) is 5.82 Å². The molecule has 1 spiro atoms. The minimum Gasteiger partial charge on any atom is -0.368 e. The number of carbonyl (C=O) groups excluding carboxylic acids is 1. The van der Waals surface area contributed by atoms with Crippen LogP contribution in [0, 0.1) is 5.41 Å². The van der Waals surface area contributed by atoms with Gasteiger partial charge in [-0.2, -0.15) is 5.21 Å². The highest BCUT2D eigenvalue weighted by molar-refractivity contribution is 5.97. The molecule has 36 heavy (non-hydrogen) atoms. The molecule has 7 heteroatoms. The number of amides is 1. The smallest absolute Gasteiger partial charge is 0.251 e. The fraction of sp³-hybridized carbons (Fsp3) is 0.379. The highest BCUT2D eigenvalue weighted by atomic mass is 16.5. The van der Waals surface area contributed by atoms with Crippen molar-refractivity contribution in [3.63, 3.8) is 0 Å². The first kappa shape index (κ1) is 21.7. The summed E-state index contributed by atoms with van der Waals surface area (Å²) in [5, 5.41) is 16.8. The number of nitrogens with one attached hydrogen (secondary N) is 1. The van der Waals surface area contributed by atoms with Crippen molar-refractivity contribution in [3.05, 3.63) is 66.2 Å². The van der Waals surface area contributed by atoms with Crippen LogP contribution in [0.2, 0.25) is 0 Å². The van der Waals surface area contributed by atoms with E-state index in [4.69, 9.17) is 4.74 Å². The minimum atomic E-state index is -0.192. The molecule has 7 nitrogen and oxygen atoms in total. The third-order valence-corrected chi connectivity index (χ3v) is 8.58. The van der Waals surface area contributed by atoms with E-state index in [1.54, 1.807) is 0 Å². The number of nitrogens with zero attached hydrogens (tertiary/aromatic N) is 4. The number of aromatic nitrogens is 4. The summed E-state index contributed by atoms with van der Waals surface area (Å²) in [6.07, 6.45) is 5.14. The van der Waals surface area contributed by atoms with E-state index in [0.717, 1.165) is 61.7 Å². The van der Waals surface area contributed by atoms with Gasteiger partial charge in [-0.05, 0) is 82.2 Å². The molecule has 4 aromatic rings. The number of piperidine rings is 1. The van der Waals surface area contributed by atoms with Gasteiger partial charge in [0.05, 0.1) is 0 Å². The maximum absolute atomic E-state index is 12.7. The number of hydrogen-bond donors (Lipinski definition) is 1. The molecule has 1 saturated carbocycles. The molecule has 3 fully saturated rings. The van der Waals surface area contributed by atoms with Gasteiger partial charge in [-0.25, -0.2) is 0 Å². The SMILES string of the molecule is O=C([C@H]1CCCO1)N1CCC2(CC1)C[C@H]2c1ccc(-c2ccc3c(-c4nn[nH]n4)cccc3c2)cc1. The molecule has 3 heterocycles. The van der Waals surface area contributed by atoms with Crippen molar-refractivity contribution in [1.82, 2.24) is 25.5 Å². The molecule has 2 saturated heterocycles. The number of carbonyl (C=O) groups is 1. The van der Waals surface area contributed by atoms with Gasteiger partial charge >= 0.3 is 0 Å². The zero-order chi connectivity index (χ0) is 24.1. The summed E-state index contributed by atoms with van der Waals surface area (Å²) < 4.78 is 5.62. The first-order valence-corrected chi connectivity index (χ1v) is 13.0. The number of tetrazole rings is 1. The molecule has 182 valence electrons. The van der Waals surface area contributed by atoms with E-state index in [1.807, 2.05) is 17.0 Å². The number of benzene rings is 3. The van der Waals surface area contributed by atoms with Crippen LogP contribution >= 0.6 is 0 Å². The summed E-state index contributed by atoms with van der Waals surface area (Å²) in [7, 11) is 0. The third-order valence-electron chi connectivity index (χ3n) is 8.58. The van der Waals surface area contributed by atoms with E-state index < -0.39 is 0 Å². The molecule has 0 radical (unpaired) electrons. The van der Waals surface area contributed by atoms with Crippen LogP contribution < -0.4 is 0 Å². The van der Waals surface area contributed by atoms with Crippen LogP contribution in [0.25, 0.3) is 33.3 Å². The molecule has 2 aliphatic heterocycles. The molecule has 3 aromatic carbocycles. The molecular formula is C29H29N5O2. The number of rotatable bonds is 4. The Morgan fingerprint density at radius 2 is 1.86 bits per heavy atom. The van der Waals surface area contributed by atoms with Gasteiger partial charge in [0.15, 0.2) is 0 Å². The van der Waals surface area contributed by atoms with Crippen LogP contribution in [0.3, 0.4) is 0 Å². The molecule has 1 aliphatic carbocycles. The number of likely N-dealkylation sites (tertiary alicyclic amines) is 1. The average molecular weight is 480 g/mol. The average Bonchev–Trinajstić information content (AvgIpc) is 3.35. The highest BCUT2D eigenvalue weighted by Crippen LogP contribution is 2.65. The summed E-state index contributed by atoms with van der Waals surface area (Å²) in [5.74, 6) is 1.43. The van der Waals surface area contributed by atoms with Gasteiger partial charge in [-0.1, -0.05) is 54.6 Å². The summed E-state index contributed by atoms with van der Waals surface area (Å²) in [6, 6.07) is 21.8. The van der Waals surface area contributed by atoms with Crippen LogP contribution in [0.1, 0.15) is 43.6 Å². The van der Waals surface area contributed by atoms with Crippen LogP contribution in [-0.2, 0) is 9.53 Å². The lowest BCUT2D eigenvalue weighted by Gasteiger charge is -2.34. The molecule has 0 bridgehead atoms. The van der Waals surface area contributed by atoms with Crippen molar-refractivity contribution in [2.75, 3.05) is 19.7 Å². The number of fused-ring (bicyclic) bond motifs is 1. The number of ether oxygens (including phenoxy) is 1. The molecule has 7 rings (SSSR count). The van der Waals surface area contributed by atoms with Gasteiger partial charge in [-0.15, -0.1) is 10.2 Å². The maximum Gasteiger partial charge on any atom is 0.251 e. The molecule has 1 amide bonds. The maximum atomic E-state index is 12.7. The second-order valence-electron chi connectivity index (χ2n) is 10.5. The van der Waals surface area contributed by atoms with Gasteiger partial charge in [-0.3, -0.25) is 4.79 Å². The molecule has 1 N–H and O–H groups in total. The van der Waals surface area contributed by atoms with Crippen molar-refractivity contribution in [2.24, 2.45) is 5.41 Å². The first-order valence-electron chi connectivity index (χ1n) is 13.0. The van der Waals surface area contributed by atoms with Crippen LogP contribution in [0.5, 0.6) is 0 Å². The van der Waals surface area contributed by atoms with Crippen molar-refractivity contribution < 1.29 is 9.53 Å². The molecular weight excluding hydrogens is 450 g/mol. The predicted molar refractivity (Wildman–Crippen MR) is 137 cm³/mol. The predicted octanol–water partition coefficient (Wildman–Crippen LogP) is 4.96. The van der Waals surface area contributed by atoms with E-state index in [9.17, 15) is 4.79 Å². The highest BCUT2D eigenvalue weighted by Gasteiger charge is 2.55. The zero-order valence-corrected chi connectivity index (χ0v) is 20.2. The Morgan fingerprint density at radius 1 is 1.03 bits per heavy atom. The van der Waals surface area contributed by atoms with E-state index in [-0.39, 0.29) is 12.0 Å². The molecule has 3 aliphatic rings. The monoisotopic (exact) mass is 479 g/mol. The van der Waals surface area contributed by atoms with Gasteiger partial charge in [0, 0.05) is 25.3 Å². The normalized spacial score (nSPS) is 22.8. The van der Waals surface area contributed by atoms with Crippen molar-refractivity contribution in [1.29, 1.82) is 0 Å². The Kier molecular flexibility index (Phi) is 5.13. The first-order chi connectivity index (χ1) is 17.7. The number of hydrogen-bond acceptors (Lipinski definition) is 5. The van der Waals surface area contributed by atoms with Crippen LogP contribution in [0.4, 0.5) is 0 Å². The molecule has 0 unspecified atom stereocenters. The zero-order valence-electron chi connectivity index (χ0n) is 20.2. The van der Waals surface area contributed by atoms with Gasteiger partial charge in [0.25, 0.3) is 5.91 Å². The van der Waals surface area contributed by atoms with E-state index in [0.29, 0.717) is 17.2 Å². The lowest BCUT2D eigenvalue weighted by Crippen LogP contribution is -2.44. The number of H-pyrrole nitrogens is 1. The Hall–Kier alpha value is -3.58. The molecule has 2 atom stereocenters. The van der Waals surface area contributed by atoms with E-state index in [2.05, 4.69) is 69.2 Å². The second-order valence-corrected chi connectivity index (χ2v) is 10.5. The largest absolute Gasteiger partial charge is 0.368 e. The van der Waals surface area contributed by atoms with Crippen molar-refractivity contribution in [2.45, 2.75) is 44.1 Å². The van der Waals surface area contributed by atoms with Gasteiger partial charge in [0.1, 0.15) is 6.10 Å². The summed E-state index contributed by atoms with van der Waals surface area (Å²) in [5.41, 5.74) is 5.20. The Labute approximate surface area is 209 Å². The topological polar surface area (TPSA) is 84.0 Å². The van der Waals surface area contributed by atoms with Crippen molar-refractivity contribution >= 4 is 16.7 Å². The van der Waals surface area contributed by atoms with E-state index in [1.165, 1.54) is 23.1 Å². The summed E-state index contributed by atoms with van der Waals surface area (Å²) >= 11 is 0. The van der Waals surface area contributed by atoms with Crippen molar-refractivity contribution in [3.8, 4) is 22.5 Å². The minimum absolute atomic E-state index is 0.192. The summed E-state index contributed by atoms with van der Waals surface area (Å²) in [4.78, 5) is 14.8. The summed E-state index contributed by atoms with van der Waals surface area (Å²) in [6.45, 7) is 2.47. The van der Waals surface area contributed by atoms with E-state index >= 15 is 0 Å².